The van der Waals surface area contributed by atoms with Crippen LogP contribution in [0.1, 0.15) is 46.6 Å². The van der Waals surface area contributed by atoms with Crippen molar-refractivity contribution in [3.63, 3.8) is 0 Å². The molecular formula is C17H22N2O2. The van der Waals surface area contributed by atoms with Gasteiger partial charge in [0.25, 0.3) is 5.91 Å². The quantitative estimate of drug-likeness (QED) is 0.837. The molecule has 1 aliphatic rings. The van der Waals surface area contributed by atoms with E-state index in [1.165, 1.54) is 0 Å². The number of benzene rings is 1. The van der Waals surface area contributed by atoms with Gasteiger partial charge in [-0.3, -0.25) is 4.79 Å². The number of carbonyl (C=O) groups is 1. The van der Waals surface area contributed by atoms with Crippen LogP contribution < -0.4 is 9.64 Å². The predicted octanol–water partition coefficient (Wildman–Crippen LogP) is 3.40. The van der Waals surface area contributed by atoms with Crippen LogP contribution in [0.25, 0.3) is 0 Å². The number of hydrogen-bond acceptors (Lipinski definition) is 3. The minimum absolute atomic E-state index is 0.00799. The number of nitriles is 1. The molecule has 112 valence electrons. The van der Waals surface area contributed by atoms with Gasteiger partial charge in [-0.25, -0.2) is 0 Å². The van der Waals surface area contributed by atoms with Crippen LogP contribution in [0.15, 0.2) is 18.2 Å². The minimum Gasteiger partial charge on any atom is -0.476 e. The standard InChI is InChI=1S/C17H22N2O2/c1-16(2,3)12-7-8-14-13(11-12)19(10-6-9-18)15(20)17(4,5)21-14/h7-8,11H,6,10H2,1-5H3. The monoisotopic (exact) mass is 286 g/mol. The highest BCUT2D eigenvalue weighted by atomic mass is 16.5. The lowest BCUT2D eigenvalue weighted by Crippen LogP contribution is -2.52. The molecule has 1 aromatic carbocycles. The van der Waals surface area contributed by atoms with Crippen molar-refractivity contribution in [2.24, 2.45) is 0 Å². The van der Waals surface area contributed by atoms with E-state index in [1.807, 2.05) is 18.2 Å². The molecule has 0 saturated carbocycles. The molecule has 0 bridgehead atoms. The maximum Gasteiger partial charge on any atom is 0.270 e. The SMILES string of the molecule is CC1(C)Oc2ccc(C(C)(C)C)cc2N(CCC#N)C1=O. The Kier molecular flexibility index (Phi) is 3.71. The molecule has 4 heteroatoms. The molecule has 1 amide bonds. The summed E-state index contributed by atoms with van der Waals surface area (Å²) >= 11 is 0. The van der Waals surface area contributed by atoms with Gasteiger partial charge in [0, 0.05) is 6.54 Å². The van der Waals surface area contributed by atoms with Gasteiger partial charge in [-0.15, -0.1) is 0 Å². The number of anilines is 1. The van der Waals surface area contributed by atoms with Crippen LogP contribution in [-0.4, -0.2) is 18.1 Å². The Labute approximate surface area is 126 Å². The van der Waals surface area contributed by atoms with Gasteiger partial charge in [-0.2, -0.15) is 5.26 Å². The lowest BCUT2D eigenvalue weighted by molar-refractivity contribution is -0.132. The number of rotatable bonds is 2. The van der Waals surface area contributed by atoms with Gasteiger partial charge < -0.3 is 9.64 Å². The van der Waals surface area contributed by atoms with Crippen LogP contribution in [0, 0.1) is 11.3 Å². The molecule has 1 aromatic rings. The largest absolute Gasteiger partial charge is 0.476 e. The first kappa shape index (κ1) is 15.4. The lowest BCUT2D eigenvalue weighted by Gasteiger charge is -2.39. The highest BCUT2D eigenvalue weighted by Crippen LogP contribution is 2.40. The van der Waals surface area contributed by atoms with E-state index in [4.69, 9.17) is 10.00 Å². The van der Waals surface area contributed by atoms with E-state index in [0.717, 1.165) is 11.3 Å². The Hall–Kier alpha value is -2.02. The van der Waals surface area contributed by atoms with Crippen molar-refractivity contribution in [1.29, 1.82) is 5.26 Å². The maximum atomic E-state index is 12.6. The average Bonchev–Trinajstić information content (AvgIpc) is 2.37. The van der Waals surface area contributed by atoms with Crippen LogP contribution in [0.4, 0.5) is 5.69 Å². The molecular weight excluding hydrogens is 264 g/mol. The summed E-state index contributed by atoms with van der Waals surface area (Å²) in [5, 5.41) is 8.83. The molecule has 0 N–H and O–H groups in total. The molecule has 0 spiro atoms. The third-order valence-electron chi connectivity index (χ3n) is 3.69. The van der Waals surface area contributed by atoms with Crippen LogP contribution in [0.2, 0.25) is 0 Å². The molecule has 0 saturated heterocycles. The summed E-state index contributed by atoms with van der Waals surface area (Å²) in [6, 6.07) is 8.06. The Bertz CT molecular complexity index is 606. The zero-order valence-corrected chi connectivity index (χ0v) is 13.4. The second-order valence-corrected chi connectivity index (χ2v) is 6.91. The van der Waals surface area contributed by atoms with Gasteiger partial charge in [0.05, 0.1) is 18.2 Å². The lowest BCUT2D eigenvalue weighted by atomic mass is 9.86. The Morgan fingerprint density at radius 3 is 2.57 bits per heavy atom. The zero-order chi connectivity index (χ0) is 15.8. The summed E-state index contributed by atoms with van der Waals surface area (Å²) in [6.45, 7) is 10.3. The fourth-order valence-electron chi connectivity index (χ4n) is 2.42. The maximum absolute atomic E-state index is 12.6. The van der Waals surface area contributed by atoms with E-state index in [0.29, 0.717) is 18.7 Å². The van der Waals surface area contributed by atoms with Gasteiger partial charge in [-0.1, -0.05) is 26.8 Å². The van der Waals surface area contributed by atoms with Gasteiger partial charge in [0.2, 0.25) is 0 Å². The van der Waals surface area contributed by atoms with Crippen LogP contribution in [0.5, 0.6) is 5.75 Å². The van der Waals surface area contributed by atoms with Crippen molar-refractivity contribution in [3.05, 3.63) is 23.8 Å². The first-order chi connectivity index (χ1) is 9.66. The van der Waals surface area contributed by atoms with Gasteiger partial charge in [0.1, 0.15) is 5.75 Å². The number of nitrogens with zero attached hydrogens (tertiary/aromatic N) is 2. The fraction of sp³-hybridized carbons (Fsp3) is 0.529. The molecule has 1 aliphatic heterocycles. The first-order valence-corrected chi connectivity index (χ1v) is 7.19. The molecule has 4 nitrogen and oxygen atoms in total. The molecule has 2 rings (SSSR count). The summed E-state index contributed by atoms with van der Waals surface area (Å²) in [5.41, 5.74) is 0.999. The number of fused-ring (bicyclic) bond motifs is 1. The number of ether oxygens (including phenoxy) is 1. The van der Waals surface area contributed by atoms with E-state index in [-0.39, 0.29) is 11.3 Å². The molecule has 1 heterocycles. The van der Waals surface area contributed by atoms with Crippen molar-refractivity contribution in [2.45, 2.75) is 52.1 Å². The Morgan fingerprint density at radius 2 is 2.00 bits per heavy atom. The number of amides is 1. The Balaban J connectivity index is 2.52. The van der Waals surface area contributed by atoms with Crippen molar-refractivity contribution in [2.75, 3.05) is 11.4 Å². The predicted molar refractivity (Wildman–Crippen MR) is 82.4 cm³/mol. The van der Waals surface area contributed by atoms with E-state index in [9.17, 15) is 4.79 Å². The normalized spacial score (nSPS) is 17.0. The second kappa shape index (κ2) is 5.07. The Morgan fingerprint density at radius 1 is 1.33 bits per heavy atom. The first-order valence-electron chi connectivity index (χ1n) is 7.19. The fourth-order valence-corrected chi connectivity index (χ4v) is 2.42. The number of hydrogen-bond donors (Lipinski definition) is 0. The topological polar surface area (TPSA) is 53.3 Å². The van der Waals surface area contributed by atoms with Gasteiger partial charge in [0.15, 0.2) is 5.60 Å². The summed E-state index contributed by atoms with van der Waals surface area (Å²) in [4.78, 5) is 14.2. The third-order valence-corrected chi connectivity index (χ3v) is 3.69. The summed E-state index contributed by atoms with van der Waals surface area (Å²) in [7, 11) is 0. The summed E-state index contributed by atoms with van der Waals surface area (Å²) in [5.74, 6) is 0.599. The highest BCUT2D eigenvalue weighted by molar-refractivity contribution is 6.02. The highest BCUT2D eigenvalue weighted by Gasteiger charge is 2.41. The molecule has 0 atom stereocenters. The van der Waals surface area contributed by atoms with Crippen molar-refractivity contribution in [3.8, 4) is 11.8 Å². The second-order valence-electron chi connectivity index (χ2n) is 6.91. The number of carbonyl (C=O) groups excluding carboxylic acids is 1. The minimum atomic E-state index is -0.897. The molecule has 21 heavy (non-hydrogen) atoms. The average molecular weight is 286 g/mol. The van der Waals surface area contributed by atoms with E-state index < -0.39 is 5.60 Å². The van der Waals surface area contributed by atoms with Crippen molar-refractivity contribution < 1.29 is 9.53 Å². The van der Waals surface area contributed by atoms with E-state index >= 15 is 0 Å². The molecule has 0 aliphatic carbocycles. The molecule has 0 unspecified atom stereocenters. The van der Waals surface area contributed by atoms with Crippen LogP contribution in [-0.2, 0) is 10.2 Å². The smallest absolute Gasteiger partial charge is 0.270 e. The third kappa shape index (κ3) is 2.87. The van der Waals surface area contributed by atoms with Crippen molar-refractivity contribution >= 4 is 11.6 Å². The molecule has 0 radical (unpaired) electrons. The van der Waals surface area contributed by atoms with E-state index in [2.05, 4.69) is 26.8 Å². The van der Waals surface area contributed by atoms with Crippen LogP contribution >= 0.6 is 0 Å². The summed E-state index contributed by atoms with van der Waals surface area (Å²) in [6.07, 6.45) is 0.307. The van der Waals surface area contributed by atoms with E-state index in [1.54, 1.807) is 18.7 Å². The van der Waals surface area contributed by atoms with Crippen molar-refractivity contribution in [1.82, 2.24) is 0 Å². The molecule has 0 fully saturated rings. The van der Waals surface area contributed by atoms with Crippen LogP contribution in [0.3, 0.4) is 0 Å². The summed E-state index contributed by atoms with van der Waals surface area (Å²) < 4.78 is 5.84. The molecule has 0 aromatic heterocycles. The van der Waals surface area contributed by atoms with Gasteiger partial charge >= 0.3 is 0 Å². The zero-order valence-electron chi connectivity index (χ0n) is 13.4. The van der Waals surface area contributed by atoms with Gasteiger partial charge in [-0.05, 0) is 37.0 Å².